The molecule has 0 radical (unpaired) electrons. The van der Waals surface area contributed by atoms with Gasteiger partial charge in [0.25, 0.3) is 11.8 Å². The number of carbonyl (C=O) groups excluding carboxylic acids is 3. The van der Waals surface area contributed by atoms with E-state index in [4.69, 9.17) is 4.84 Å². The lowest BCUT2D eigenvalue weighted by molar-refractivity contribution is -0.170. The summed E-state index contributed by atoms with van der Waals surface area (Å²) in [6, 6.07) is 34.7. The summed E-state index contributed by atoms with van der Waals surface area (Å²) in [5.41, 5.74) is 2.64. The Hall–Kier alpha value is -4.42. The fourth-order valence-electron chi connectivity index (χ4n) is 4.66. The Balaban J connectivity index is 1.81. The van der Waals surface area contributed by atoms with Crippen LogP contribution in [0.3, 0.4) is 0 Å². The Morgan fingerprint density at radius 3 is 1.56 bits per heavy atom. The predicted molar refractivity (Wildman–Crippen MR) is 138 cm³/mol. The van der Waals surface area contributed by atoms with E-state index < -0.39 is 23.2 Å². The average molecular weight is 492 g/mol. The highest BCUT2D eigenvalue weighted by molar-refractivity contribution is 7.80. The Labute approximate surface area is 214 Å². The first kappa shape index (κ1) is 23.3. The summed E-state index contributed by atoms with van der Waals surface area (Å²) in [7, 11) is 0. The number of nitrogens with zero attached hydrogens (tertiary/aromatic N) is 1. The quantitative estimate of drug-likeness (QED) is 0.224. The van der Waals surface area contributed by atoms with Crippen LogP contribution in [0.2, 0.25) is 0 Å². The summed E-state index contributed by atoms with van der Waals surface area (Å²) in [4.78, 5) is 43.7. The van der Waals surface area contributed by atoms with E-state index in [2.05, 4.69) is 12.6 Å². The molecule has 2 amide bonds. The maximum Gasteiger partial charge on any atom is 0.364 e. The van der Waals surface area contributed by atoms with Crippen LogP contribution in [0.1, 0.15) is 32.6 Å². The third-order valence-corrected chi connectivity index (χ3v) is 6.47. The highest BCUT2D eigenvalue weighted by Gasteiger charge is 2.42. The summed E-state index contributed by atoms with van der Waals surface area (Å²) >= 11 is 4.60. The number of imide groups is 1. The van der Waals surface area contributed by atoms with Gasteiger partial charge in [-0.05, 0) is 40.5 Å². The minimum atomic E-state index is -0.936. The number of benzene rings is 4. The molecule has 1 aliphatic rings. The summed E-state index contributed by atoms with van der Waals surface area (Å²) in [6.07, 6.45) is 2.13. The van der Waals surface area contributed by atoms with Gasteiger partial charge >= 0.3 is 5.97 Å². The van der Waals surface area contributed by atoms with E-state index in [-0.39, 0.29) is 5.56 Å². The van der Waals surface area contributed by atoms with E-state index >= 15 is 0 Å². The first-order valence-electron chi connectivity index (χ1n) is 11.3. The molecule has 0 spiro atoms. The molecule has 4 aromatic carbocycles. The molecule has 1 aliphatic heterocycles. The third kappa shape index (κ3) is 4.01. The van der Waals surface area contributed by atoms with Crippen molar-refractivity contribution in [3.05, 3.63) is 149 Å². The van der Waals surface area contributed by atoms with Crippen molar-refractivity contribution >= 4 is 30.4 Å². The van der Waals surface area contributed by atoms with Crippen LogP contribution in [0.4, 0.5) is 0 Å². The van der Waals surface area contributed by atoms with Gasteiger partial charge in [-0.25, -0.2) is 4.79 Å². The molecule has 4 aromatic rings. The van der Waals surface area contributed by atoms with Crippen molar-refractivity contribution in [2.75, 3.05) is 0 Å². The van der Waals surface area contributed by atoms with Gasteiger partial charge in [0.1, 0.15) is 0 Å². The number of hydroxylamine groups is 2. The van der Waals surface area contributed by atoms with Gasteiger partial charge in [0.05, 0.1) is 11.0 Å². The molecule has 0 bridgehead atoms. The monoisotopic (exact) mass is 491 g/mol. The van der Waals surface area contributed by atoms with Gasteiger partial charge in [-0.3, -0.25) is 9.59 Å². The van der Waals surface area contributed by atoms with E-state index in [0.29, 0.717) is 15.5 Å². The molecule has 176 valence electrons. The second-order valence-corrected chi connectivity index (χ2v) is 8.78. The molecular weight excluding hydrogens is 470 g/mol. The van der Waals surface area contributed by atoms with Crippen molar-refractivity contribution in [1.82, 2.24) is 5.06 Å². The molecule has 0 N–H and O–H groups in total. The Morgan fingerprint density at radius 2 is 1.11 bits per heavy atom. The van der Waals surface area contributed by atoms with Crippen LogP contribution in [0.15, 0.2) is 126 Å². The summed E-state index contributed by atoms with van der Waals surface area (Å²) in [5, 5.41) is 0.468. The zero-order chi connectivity index (χ0) is 25.1. The molecule has 0 saturated heterocycles. The van der Waals surface area contributed by atoms with Crippen LogP contribution in [0.5, 0.6) is 0 Å². The number of hydrogen-bond donors (Lipinski definition) is 1. The minimum absolute atomic E-state index is 0.205. The zero-order valence-electron chi connectivity index (χ0n) is 19.1. The molecule has 1 heterocycles. The van der Waals surface area contributed by atoms with Crippen LogP contribution in [-0.4, -0.2) is 22.8 Å². The Bertz CT molecular complexity index is 1350. The van der Waals surface area contributed by atoms with E-state index in [1.54, 1.807) is 12.1 Å². The molecular formula is C30H21NO4S. The number of rotatable bonds is 6. The van der Waals surface area contributed by atoms with Gasteiger partial charge in [0.2, 0.25) is 0 Å². The van der Waals surface area contributed by atoms with E-state index in [1.165, 1.54) is 0 Å². The van der Waals surface area contributed by atoms with Gasteiger partial charge in [-0.1, -0.05) is 96.1 Å². The summed E-state index contributed by atoms with van der Waals surface area (Å²) in [6.45, 7) is 0. The maximum absolute atomic E-state index is 13.5. The topological polar surface area (TPSA) is 63.7 Å². The molecule has 0 aliphatic carbocycles. The van der Waals surface area contributed by atoms with Gasteiger partial charge in [-0.2, -0.15) is 0 Å². The molecule has 0 fully saturated rings. The van der Waals surface area contributed by atoms with Crippen LogP contribution < -0.4 is 0 Å². The average Bonchev–Trinajstić information content (AvgIpc) is 3.23. The van der Waals surface area contributed by atoms with Crippen molar-refractivity contribution in [3.63, 3.8) is 0 Å². The minimum Gasteiger partial charge on any atom is -0.324 e. The molecule has 5 nitrogen and oxygen atoms in total. The molecule has 0 saturated carbocycles. The van der Waals surface area contributed by atoms with Crippen LogP contribution >= 0.6 is 12.6 Å². The lowest BCUT2D eigenvalue weighted by Crippen LogP contribution is -2.36. The smallest absolute Gasteiger partial charge is 0.324 e. The lowest BCUT2D eigenvalue weighted by atomic mass is 9.64. The van der Waals surface area contributed by atoms with Crippen molar-refractivity contribution < 1.29 is 19.2 Å². The molecule has 0 atom stereocenters. The van der Waals surface area contributed by atoms with Crippen LogP contribution in [0, 0.1) is 0 Å². The number of hydrogen-bond acceptors (Lipinski definition) is 5. The van der Waals surface area contributed by atoms with Gasteiger partial charge < -0.3 is 4.84 Å². The highest BCUT2D eigenvalue weighted by atomic mass is 32.1. The van der Waals surface area contributed by atoms with Crippen LogP contribution in [-0.2, 0) is 19.8 Å². The van der Waals surface area contributed by atoms with Gasteiger partial charge in [0, 0.05) is 17.0 Å². The lowest BCUT2D eigenvalue weighted by Gasteiger charge is -2.38. The zero-order valence-corrected chi connectivity index (χ0v) is 20.0. The largest absolute Gasteiger partial charge is 0.364 e. The van der Waals surface area contributed by atoms with E-state index in [0.717, 1.165) is 28.8 Å². The van der Waals surface area contributed by atoms with Crippen molar-refractivity contribution in [2.45, 2.75) is 10.3 Å². The molecule has 6 heteroatoms. The molecule has 0 unspecified atom stereocenters. The second-order valence-electron chi connectivity index (χ2n) is 8.26. The van der Waals surface area contributed by atoms with Crippen molar-refractivity contribution in [3.8, 4) is 0 Å². The fraction of sp³-hybridized carbons (Fsp3) is 0.0333. The third-order valence-electron chi connectivity index (χ3n) is 6.19. The predicted octanol–water partition coefficient (Wildman–Crippen LogP) is 5.35. The first-order chi connectivity index (χ1) is 17.5. The van der Waals surface area contributed by atoms with E-state index in [9.17, 15) is 14.4 Å². The van der Waals surface area contributed by atoms with E-state index in [1.807, 2.05) is 97.1 Å². The standard InChI is InChI=1S/C30H21NO4S/c32-27-18-19-28(33)31(27)35-29(34)25-17-16-24(36)20-26(25)30(21-10-4-1-5-11-21,22-12-6-2-7-13-22)23-14-8-3-9-15-23/h1-20,36H. The fourth-order valence-corrected chi connectivity index (χ4v) is 4.86. The van der Waals surface area contributed by atoms with Gasteiger partial charge in [-0.15, -0.1) is 12.6 Å². The molecule has 36 heavy (non-hydrogen) atoms. The van der Waals surface area contributed by atoms with Crippen LogP contribution in [0.25, 0.3) is 0 Å². The Morgan fingerprint density at radius 1 is 0.667 bits per heavy atom. The number of amides is 2. The van der Waals surface area contributed by atoms with Crippen molar-refractivity contribution in [2.24, 2.45) is 0 Å². The summed E-state index contributed by atoms with van der Waals surface area (Å²) in [5.74, 6) is -2.24. The number of carbonyl (C=O) groups is 3. The van der Waals surface area contributed by atoms with Gasteiger partial charge in [0.15, 0.2) is 0 Å². The van der Waals surface area contributed by atoms with Crippen molar-refractivity contribution in [1.29, 1.82) is 0 Å². The summed E-state index contributed by atoms with van der Waals surface area (Å²) < 4.78 is 0. The first-order valence-corrected chi connectivity index (χ1v) is 11.7. The SMILES string of the molecule is O=C(ON1C(=O)C=CC1=O)c1ccc(S)cc1C(c1ccccc1)(c1ccccc1)c1ccccc1. The second kappa shape index (κ2) is 9.68. The highest BCUT2D eigenvalue weighted by Crippen LogP contribution is 2.47. The number of thiol groups is 1. The normalized spacial score (nSPS) is 13.2. The molecule has 5 rings (SSSR count). The maximum atomic E-state index is 13.5. The Kier molecular flexibility index (Phi) is 6.27. The molecule has 0 aromatic heterocycles.